The highest BCUT2D eigenvalue weighted by atomic mass is 32.1. The number of carbonyl (C=O) groups is 2. The van der Waals surface area contributed by atoms with E-state index < -0.39 is 18.2 Å². The Labute approximate surface area is 103 Å². The van der Waals surface area contributed by atoms with E-state index >= 15 is 0 Å². The average molecular weight is 258 g/mol. The summed E-state index contributed by atoms with van der Waals surface area (Å²) in [5, 5.41) is 19.4. The van der Waals surface area contributed by atoms with Gasteiger partial charge in [0.05, 0.1) is 24.5 Å². The second-order valence-corrected chi connectivity index (χ2v) is 4.67. The quantitative estimate of drug-likeness (QED) is 0.605. The monoisotopic (exact) mass is 258 g/mol. The molecular weight excluding hydrogens is 244 g/mol. The molecule has 0 spiro atoms. The smallest absolute Gasteiger partial charge is 0.308 e. The third kappa shape index (κ3) is 3.62. The predicted octanol–water partition coefficient (Wildman–Crippen LogP) is 0.908. The Morgan fingerprint density at radius 2 is 2.06 bits per heavy atom. The number of Topliss-reactive ketones (excluding diaryl/α,β-unsaturated/α-hetero) is 1. The number of aliphatic hydroxyl groups excluding tert-OH is 2. The molecule has 0 aliphatic carbocycles. The molecule has 0 saturated heterocycles. The van der Waals surface area contributed by atoms with Crippen molar-refractivity contribution in [3.05, 3.63) is 21.9 Å². The lowest BCUT2D eigenvalue weighted by atomic mass is 10.1. The lowest BCUT2D eigenvalue weighted by Gasteiger charge is -2.14. The Hall–Kier alpha value is -1.24. The number of thiophene rings is 1. The van der Waals surface area contributed by atoms with E-state index in [1.165, 1.54) is 14.0 Å². The molecule has 2 unspecified atom stereocenters. The van der Waals surface area contributed by atoms with Gasteiger partial charge in [-0.1, -0.05) is 0 Å². The fourth-order valence-corrected chi connectivity index (χ4v) is 2.20. The second-order valence-electron chi connectivity index (χ2n) is 3.55. The third-order valence-corrected chi connectivity index (χ3v) is 3.49. The summed E-state index contributed by atoms with van der Waals surface area (Å²) in [5.74, 6) is -0.698. The molecule has 0 aromatic carbocycles. The molecule has 94 valence electrons. The molecule has 0 radical (unpaired) electrons. The van der Waals surface area contributed by atoms with E-state index in [2.05, 4.69) is 4.74 Å². The van der Waals surface area contributed by atoms with Crippen LogP contribution in [0.2, 0.25) is 0 Å². The van der Waals surface area contributed by atoms with Crippen LogP contribution in [0, 0.1) is 0 Å². The van der Waals surface area contributed by atoms with Crippen molar-refractivity contribution in [3.63, 3.8) is 0 Å². The first-order chi connectivity index (χ1) is 7.95. The van der Waals surface area contributed by atoms with Gasteiger partial charge in [-0.25, -0.2) is 0 Å². The summed E-state index contributed by atoms with van der Waals surface area (Å²) in [6.07, 6.45) is -2.71. The summed E-state index contributed by atoms with van der Waals surface area (Å²) < 4.78 is 4.39. The van der Waals surface area contributed by atoms with E-state index in [1.807, 2.05) is 0 Å². The van der Waals surface area contributed by atoms with Crippen molar-refractivity contribution in [3.8, 4) is 0 Å². The van der Waals surface area contributed by atoms with Crippen LogP contribution in [0.3, 0.4) is 0 Å². The Bertz CT molecular complexity index is 412. The van der Waals surface area contributed by atoms with Crippen molar-refractivity contribution in [2.75, 3.05) is 7.11 Å². The SMILES string of the molecule is COC(=O)CC(O)C(O)c1ccc(C(C)=O)s1. The number of hydrogen-bond acceptors (Lipinski definition) is 6. The Morgan fingerprint density at radius 3 is 2.53 bits per heavy atom. The third-order valence-electron chi connectivity index (χ3n) is 2.23. The normalized spacial score (nSPS) is 14.1. The molecule has 1 aromatic rings. The number of aliphatic hydroxyl groups is 2. The van der Waals surface area contributed by atoms with Crippen LogP contribution in [0.4, 0.5) is 0 Å². The van der Waals surface area contributed by atoms with Gasteiger partial charge in [0.2, 0.25) is 0 Å². The number of esters is 1. The maximum Gasteiger partial charge on any atom is 0.308 e. The minimum absolute atomic E-state index is 0.101. The zero-order valence-electron chi connectivity index (χ0n) is 9.54. The van der Waals surface area contributed by atoms with Gasteiger partial charge in [-0.3, -0.25) is 9.59 Å². The van der Waals surface area contributed by atoms with E-state index in [1.54, 1.807) is 12.1 Å². The van der Waals surface area contributed by atoms with Gasteiger partial charge in [0.25, 0.3) is 0 Å². The van der Waals surface area contributed by atoms with E-state index in [-0.39, 0.29) is 12.2 Å². The number of ether oxygens (including phenoxy) is 1. The minimum atomic E-state index is -1.24. The Morgan fingerprint density at radius 1 is 1.41 bits per heavy atom. The highest BCUT2D eigenvalue weighted by Gasteiger charge is 2.23. The van der Waals surface area contributed by atoms with Crippen molar-refractivity contribution in [1.82, 2.24) is 0 Å². The predicted molar refractivity (Wildman–Crippen MR) is 61.9 cm³/mol. The highest BCUT2D eigenvalue weighted by Crippen LogP contribution is 2.27. The van der Waals surface area contributed by atoms with Gasteiger partial charge in [-0.15, -0.1) is 11.3 Å². The summed E-state index contributed by atoms with van der Waals surface area (Å²) in [7, 11) is 1.21. The van der Waals surface area contributed by atoms with Gasteiger partial charge in [0, 0.05) is 4.88 Å². The van der Waals surface area contributed by atoms with Crippen LogP contribution in [0.25, 0.3) is 0 Å². The molecular formula is C11H14O5S. The van der Waals surface area contributed by atoms with Gasteiger partial charge in [0.15, 0.2) is 5.78 Å². The van der Waals surface area contributed by atoms with Gasteiger partial charge >= 0.3 is 5.97 Å². The molecule has 0 amide bonds. The molecule has 2 N–H and O–H groups in total. The van der Waals surface area contributed by atoms with Crippen LogP contribution in [-0.2, 0) is 9.53 Å². The summed E-state index contributed by atoms with van der Waals surface area (Å²) in [5.41, 5.74) is 0. The molecule has 0 saturated carbocycles. The van der Waals surface area contributed by atoms with Crippen LogP contribution >= 0.6 is 11.3 Å². The minimum Gasteiger partial charge on any atom is -0.469 e. The average Bonchev–Trinajstić information content (AvgIpc) is 2.77. The molecule has 0 bridgehead atoms. The molecule has 1 aromatic heterocycles. The fraction of sp³-hybridized carbons (Fsp3) is 0.455. The van der Waals surface area contributed by atoms with Crippen molar-refractivity contribution >= 4 is 23.1 Å². The summed E-state index contributed by atoms with van der Waals surface area (Å²) >= 11 is 1.10. The number of methoxy groups -OCH3 is 1. The molecule has 0 aliphatic heterocycles. The number of hydrogen-bond donors (Lipinski definition) is 2. The Balaban J connectivity index is 2.70. The molecule has 1 heterocycles. The molecule has 6 heteroatoms. The highest BCUT2D eigenvalue weighted by molar-refractivity contribution is 7.14. The lowest BCUT2D eigenvalue weighted by Crippen LogP contribution is -2.21. The summed E-state index contributed by atoms with van der Waals surface area (Å²) in [6, 6.07) is 3.14. The first kappa shape index (κ1) is 13.8. The van der Waals surface area contributed by atoms with E-state index in [0.717, 1.165) is 11.3 Å². The topological polar surface area (TPSA) is 83.8 Å². The number of carbonyl (C=O) groups excluding carboxylic acids is 2. The first-order valence-electron chi connectivity index (χ1n) is 4.99. The van der Waals surface area contributed by atoms with Gasteiger partial charge < -0.3 is 14.9 Å². The van der Waals surface area contributed by atoms with E-state index in [0.29, 0.717) is 9.75 Å². The van der Waals surface area contributed by atoms with Crippen LogP contribution in [-0.4, -0.2) is 35.2 Å². The maximum absolute atomic E-state index is 11.1. The number of rotatable bonds is 5. The van der Waals surface area contributed by atoms with Crippen molar-refractivity contribution in [1.29, 1.82) is 0 Å². The van der Waals surface area contributed by atoms with Gasteiger partial charge in [-0.05, 0) is 19.1 Å². The van der Waals surface area contributed by atoms with Crippen molar-refractivity contribution < 1.29 is 24.5 Å². The van der Waals surface area contributed by atoms with Gasteiger partial charge in [-0.2, -0.15) is 0 Å². The zero-order valence-corrected chi connectivity index (χ0v) is 10.4. The van der Waals surface area contributed by atoms with E-state index in [9.17, 15) is 19.8 Å². The van der Waals surface area contributed by atoms with Crippen LogP contribution in [0.5, 0.6) is 0 Å². The largest absolute Gasteiger partial charge is 0.469 e. The number of ketones is 1. The second kappa shape index (κ2) is 5.90. The van der Waals surface area contributed by atoms with Crippen molar-refractivity contribution in [2.45, 2.75) is 25.6 Å². The fourth-order valence-electron chi connectivity index (χ4n) is 1.26. The first-order valence-corrected chi connectivity index (χ1v) is 5.81. The van der Waals surface area contributed by atoms with Gasteiger partial charge in [0.1, 0.15) is 6.10 Å². The van der Waals surface area contributed by atoms with Crippen LogP contribution in [0.1, 0.15) is 34.0 Å². The lowest BCUT2D eigenvalue weighted by molar-refractivity contribution is -0.144. The zero-order chi connectivity index (χ0) is 13.0. The molecule has 5 nitrogen and oxygen atoms in total. The maximum atomic E-state index is 11.1. The standard InChI is InChI=1S/C11H14O5S/c1-6(12)8-3-4-9(17-8)11(15)7(13)5-10(14)16-2/h3-4,7,11,13,15H,5H2,1-2H3. The summed E-state index contributed by atoms with van der Waals surface area (Å²) in [4.78, 5) is 22.9. The van der Waals surface area contributed by atoms with Crippen LogP contribution < -0.4 is 0 Å². The molecule has 1 rings (SSSR count). The van der Waals surface area contributed by atoms with E-state index in [4.69, 9.17) is 0 Å². The Kier molecular flexibility index (Phi) is 4.80. The molecule has 0 aliphatic rings. The molecule has 17 heavy (non-hydrogen) atoms. The van der Waals surface area contributed by atoms with Crippen LogP contribution in [0.15, 0.2) is 12.1 Å². The summed E-state index contributed by atoms with van der Waals surface area (Å²) in [6.45, 7) is 1.42. The molecule has 0 fully saturated rings. The van der Waals surface area contributed by atoms with Crippen molar-refractivity contribution in [2.24, 2.45) is 0 Å². The molecule has 2 atom stereocenters.